The Morgan fingerprint density at radius 1 is 1.23 bits per heavy atom. The van der Waals surface area contributed by atoms with Gasteiger partial charge in [-0.2, -0.15) is 0 Å². The van der Waals surface area contributed by atoms with Gasteiger partial charge in [-0.3, -0.25) is 0 Å². The predicted octanol–water partition coefficient (Wildman–Crippen LogP) is 4.44. The van der Waals surface area contributed by atoms with Crippen molar-refractivity contribution in [3.63, 3.8) is 0 Å². The van der Waals surface area contributed by atoms with E-state index in [1.54, 1.807) is 0 Å². The number of rotatable bonds is 4. The van der Waals surface area contributed by atoms with Gasteiger partial charge >= 0.3 is 0 Å². The Balaban J connectivity index is 1.62. The van der Waals surface area contributed by atoms with Crippen LogP contribution in [0.15, 0.2) is 36.8 Å². The lowest BCUT2D eigenvalue weighted by atomic mass is 9.82. The molecule has 3 heteroatoms. The molecule has 1 aromatic heterocycles. The molecule has 2 aromatic rings. The van der Waals surface area contributed by atoms with Gasteiger partial charge in [0.15, 0.2) is 0 Å². The molecular formula is C19H24N2O. The molecule has 1 fully saturated rings. The first-order valence-corrected chi connectivity index (χ1v) is 8.52. The van der Waals surface area contributed by atoms with Crippen molar-refractivity contribution < 1.29 is 4.74 Å². The molecule has 1 aromatic carbocycles. The number of methoxy groups -OCH3 is 1. The molecule has 2 unspecified atom stereocenters. The molecule has 1 saturated carbocycles. The lowest BCUT2D eigenvalue weighted by Gasteiger charge is -2.31. The summed E-state index contributed by atoms with van der Waals surface area (Å²) in [5.74, 6) is 0.721. The summed E-state index contributed by atoms with van der Waals surface area (Å²) in [5.41, 5.74) is 4.01. The number of fused-ring (bicyclic) bond motifs is 3. The third-order valence-electron chi connectivity index (χ3n) is 5.53. The largest absolute Gasteiger partial charge is 0.381 e. The summed E-state index contributed by atoms with van der Waals surface area (Å²) in [4.78, 5) is 4.36. The summed E-state index contributed by atoms with van der Waals surface area (Å²) in [6, 6.07) is 9.12. The molecule has 116 valence electrons. The van der Waals surface area contributed by atoms with Crippen LogP contribution in [0.3, 0.4) is 0 Å². The summed E-state index contributed by atoms with van der Waals surface area (Å²) in [6.07, 6.45) is 12.1. The zero-order valence-corrected chi connectivity index (χ0v) is 13.2. The van der Waals surface area contributed by atoms with Crippen molar-refractivity contribution in [3.05, 3.63) is 42.4 Å². The normalized spacial score (nSPS) is 22.3. The van der Waals surface area contributed by atoms with Crippen molar-refractivity contribution >= 4 is 0 Å². The van der Waals surface area contributed by atoms with E-state index in [1.807, 2.05) is 19.6 Å². The van der Waals surface area contributed by atoms with Gasteiger partial charge in [0.25, 0.3) is 0 Å². The second-order valence-corrected chi connectivity index (χ2v) is 6.70. The van der Waals surface area contributed by atoms with Gasteiger partial charge in [0, 0.05) is 12.7 Å². The molecule has 2 heterocycles. The van der Waals surface area contributed by atoms with Crippen LogP contribution in [0, 0.1) is 5.92 Å². The minimum absolute atomic E-state index is 0.353. The Morgan fingerprint density at radius 3 is 2.86 bits per heavy atom. The molecule has 1 aliphatic heterocycles. The van der Waals surface area contributed by atoms with E-state index >= 15 is 0 Å². The van der Waals surface area contributed by atoms with Gasteiger partial charge in [-0.25, -0.2) is 4.98 Å². The molecule has 0 bridgehead atoms. The predicted molar refractivity (Wildman–Crippen MR) is 87.8 cm³/mol. The van der Waals surface area contributed by atoms with Crippen LogP contribution in [-0.2, 0) is 4.74 Å². The van der Waals surface area contributed by atoms with Crippen LogP contribution >= 0.6 is 0 Å². The van der Waals surface area contributed by atoms with Crippen LogP contribution in [0.2, 0.25) is 0 Å². The topological polar surface area (TPSA) is 27.1 Å². The maximum atomic E-state index is 5.92. The van der Waals surface area contributed by atoms with Crippen LogP contribution in [-0.4, -0.2) is 22.8 Å². The summed E-state index contributed by atoms with van der Waals surface area (Å²) in [5, 5.41) is 0. The fourth-order valence-electron chi connectivity index (χ4n) is 4.38. The van der Waals surface area contributed by atoms with Crippen LogP contribution in [0.5, 0.6) is 0 Å². The van der Waals surface area contributed by atoms with E-state index in [9.17, 15) is 0 Å². The fourth-order valence-corrected chi connectivity index (χ4v) is 4.38. The number of benzene rings is 1. The van der Waals surface area contributed by atoms with Crippen LogP contribution in [0.1, 0.15) is 50.1 Å². The first-order chi connectivity index (χ1) is 10.9. The molecule has 0 radical (unpaired) electrons. The van der Waals surface area contributed by atoms with Gasteiger partial charge in [0.1, 0.15) is 0 Å². The van der Waals surface area contributed by atoms with Gasteiger partial charge in [-0.05, 0) is 30.7 Å². The van der Waals surface area contributed by atoms with Gasteiger partial charge in [-0.15, -0.1) is 0 Å². The fraction of sp³-hybridized carbons (Fsp3) is 0.526. The molecule has 0 amide bonds. The first kappa shape index (κ1) is 14.0. The Bertz CT molecular complexity index is 642. The van der Waals surface area contributed by atoms with Crippen LogP contribution < -0.4 is 0 Å². The van der Waals surface area contributed by atoms with Crippen molar-refractivity contribution in [2.24, 2.45) is 5.92 Å². The van der Waals surface area contributed by atoms with Crippen molar-refractivity contribution in [3.8, 4) is 11.3 Å². The summed E-state index contributed by atoms with van der Waals surface area (Å²) < 4.78 is 8.26. The van der Waals surface area contributed by atoms with E-state index in [0.29, 0.717) is 12.1 Å². The van der Waals surface area contributed by atoms with E-state index in [0.717, 1.165) is 12.3 Å². The summed E-state index contributed by atoms with van der Waals surface area (Å²) in [6.45, 7) is 0. The number of hydrogen-bond donors (Lipinski definition) is 0. The Kier molecular flexibility index (Phi) is 3.75. The molecule has 0 saturated heterocycles. The molecule has 2 atom stereocenters. The Hall–Kier alpha value is -1.61. The molecule has 22 heavy (non-hydrogen) atoms. The quantitative estimate of drug-likeness (QED) is 0.834. The third kappa shape index (κ3) is 2.28. The highest BCUT2D eigenvalue weighted by molar-refractivity contribution is 5.68. The van der Waals surface area contributed by atoms with Gasteiger partial charge in [0.2, 0.25) is 0 Å². The second-order valence-electron chi connectivity index (χ2n) is 6.70. The highest BCUT2D eigenvalue weighted by Gasteiger charge is 2.33. The van der Waals surface area contributed by atoms with E-state index in [2.05, 4.69) is 33.8 Å². The standard InChI is InChI=1S/C19H24N2O/c1-22-19(14-7-3-2-4-8-14)11-17-15-9-5-6-10-16(15)18-12-20-13-21(17)18/h5-6,9-10,12-14,17,19H,2-4,7-8,11H2,1H3. The Labute approximate surface area is 132 Å². The second kappa shape index (κ2) is 5.88. The highest BCUT2D eigenvalue weighted by atomic mass is 16.5. The number of nitrogens with zero attached hydrogens (tertiary/aromatic N) is 2. The van der Waals surface area contributed by atoms with Gasteiger partial charge in [0.05, 0.1) is 30.4 Å². The molecular weight excluding hydrogens is 272 g/mol. The van der Waals surface area contributed by atoms with Crippen molar-refractivity contribution in [1.29, 1.82) is 0 Å². The molecule has 0 spiro atoms. The van der Waals surface area contributed by atoms with Gasteiger partial charge < -0.3 is 9.30 Å². The first-order valence-electron chi connectivity index (χ1n) is 8.52. The highest BCUT2D eigenvalue weighted by Crippen LogP contribution is 2.43. The number of aromatic nitrogens is 2. The summed E-state index contributed by atoms with van der Waals surface area (Å²) >= 11 is 0. The maximum Gasteiger partial charge on any atom is 0.0956 e. The number of ether oxygens (including phenoxy) is 1. The van der Waals surface area contributed by atoms with E-state index in [1.165, 1.54) is 48.9 Å². The molecule has 4 rings (SSSR count). The lowest BCUT2D eigenvalue weighted by Crippen LogP contribution is -2.28. The average Bonchev–Trinajstić information content (AvgIpc) is 3.15. The lowest BCUT2D eigenvalue weighted by molar-refractivity contribution is 0.0237. The molecule has 1 aliphatic carbocycles. The number of imidazole rings is 1. The van der Waals surface area contributed by atoms with Crippen LogP contribution in [0.4, 0.5) is 0 Å². The van der Waals surface area contributed by atoms with Crippen molar-refractivity contribution in [2.45, 2.75) is 50.7 Å². The average molecular weight is 296 g/mol. The van der Waals surface area contributed by atoms with Crippen molar-refractivity contribution in [2.75, 3.05) is 7.11 Å². The van der Waals surface area contributed by atoms with E-state index in [-0.39, 0.29) is 0 Å². The van der Waals surface area contributed by atoms with Crippen molar-refractivity contribution in [1.82, 2.24) is 9.55 Å². The minimum Gasteiger partial charge on any atom is -0.381 e. The smallest absolute Gasteiger partial charge is 0.0956 e. The van der Waals surface area contributed by atoms with E-state index in [4.69, 9.17) is 4.74 Å². The SMILES string of the molecule is COC(CC1c2ccccc2-c2cncn21)C1CCCCC1. The minimum atomic E-state index is 0.353. The van der Waals surface area contributed by atoms with E-state index < -0.39 is 0 Å². The number of hydrogen-bond acceptors (Lipinski definition) is 2. The summed E-state index contributed by atoms with van der Waals surface area (Å²) in [7, 11) is 1.88. The van der Waals surface area contributed by atoms with Gasteiger partial charge in [-0.1, -0.05) is 43.5 Å². The van der Waals surface area contributed by atoms with Crippen LogP contribution in [0.25, 0.3) is 11.3 Å². The molecule has 3 nitrogen and oxygen atoms in total. The Morgan fingerprint density at radius 2 is 2.05 bits per heavy atom. The third-order valence-corrected chi connectivity index (χ3v) is 5.53. The molecule has 0 N–H and O–H groups in total. The maximum absolute atomic E-state index is 5.92. The monoisotopic (exact) mass is 296 g/mol. The molecule has 2 aliphatic rings. The zero-order valence-electron chi connectivity index (χ0n) is 13.2. The zero-order chi connectivity index (χ0) is 14.9.